The maximum absolute atomic E-state index is 13.7. The van der Waals surface area contributed by atoms with E-state index in [1.165, 1.54) is 55.5 Å². The van der Waals surface area contributed by atoms with Gasteiger partial charge in [-0.15, -0.1) is 0 Å². The highest BCUT2D eigenvalue weighted by molar-refractivity contribution is 7.87. The summed E-state index contributed by atoms with van der Waals surface area (Å²) >= 11 is 0. The number of carbonyl (C=O) groups excluding carboxylic acids is 2. The smallest absolute Gasteiger partial charge is 0.339 e. The SMILES string of the molecule is CCC(C)N(Cc1cccc(OS(=O)(=O)c2ccc(NC(C)=O)cc2)c1)C(=O)c1cccc(F)c1. The minimum atomic E-state index is -4.12. The van der Waals surface area contributed by atoms with E-state index in [9.17, 15) is 22.4 Å². The fourth-order valence-corrected chi connectivity index (χ4v) is 4.33. The van der Waals surface area contributed by atoms with Gasteiger partial charge in [-0.25, -0.2) is 4.39 Å². The van der Waals surface area contributed by atoms with E-state index in [4.69, 9.17) is 4.18 Å². The van der Waals surface area contributed by atoms with Gasteiger partial charge in [-0.2, -0.15) is 8.42 Å². The van der Waals surface area contributed by atoms with Crippen molar-refractivity contribution < 1.29 is 26.6 Å². The topological polar surface area (TPSA) is 92.8 Å². The van der Waals surface area contributed by atoms with Crippen LogP contribution < -0.4 is 9.50 Å². The van der Waals surface area contributed by atoms with E-state index in [0.717, 1.165) is 0 Å². The molecule has 1 N–H and O–H groups in total. The van der Waals surface area contributed by atoms with Crippen LogP contribution in [0.1, 0.15) is 43.1 Å². The van der Waals surface area contributed by atoms with Crippen LogP contribution in [0.5, 0.6) is 5.75 Å². The zero-order valence-corrected chi connectivity index (χ0v) is 20.5. The average molecular weight is 499 g/mol. The van der Waals surface area contributed by atoms with Crippen molar-refractivity contribution in [3.8, 4) is 5.75 Å². The normalized spacial score (nSPS) is 12.0. The molecule has 0 aliphatic heterocycles. The molecule has 1 atom stereocenters. The molecule has 0 fully saturated rings. The summed E-state index contributed by atoms with van der Waals surface area (Å²) in [4.78, 5) is 25.8. The highest BCUT2D eigenvalue weighted by Gasteiger charge is 2.22. The maximum Gasteiger partial charge on any atom is 0.339 e. The van der Waals surface area contributed by atoms with Crippen LogP contribution in [-0.2, 0) is 21.5 Å². The molecule has 3 rings (SSSR count). The summed E-state index contributed by atoms with van der Waals surface area (Å²) < 4.78 is 44.5. The van der Waals surface area contributed by atoms with Gasteiger partial charge in [0.05, 0.1) is 0 Å². The Morgan fingerprint density at radius 2 is 1.71 bits per heavy atom. The zero-order valence-electron chi connectivity index (χ0n) is 19.7. The predicted molar refractivity (Wildman–Crippen MR) is 131 cm³/mol. The van der Waals surface area contributed by atoms with Crippen LogP contribution in [0.25, 0.3) is 0 Å². The van der Waals surface area contributed by atoms with Crippen LogP contribution in [0.4, 0.5) is 10.1 Å². The van der Waals surface area contributed by atoms with Crippen LogP contribution >= 0.6 is 0 Å². The number of nitrogens with zero attached hydrogens (tertiary/aromatic N) is 1. The molecule has 0 saturated heterocycles. The molecule has 35 heavy (non-hydrogen) atoms. The third-order valence-corrected chi connectivity index (χ3v) is 6.64. The van der Waals surface area contributed by atoms with Crippen molar-refractivity contribution in [2.45, 2.75) is 44.7 Å². The first-order chi connectivity index (χ1) is 16.6. The lowest BCUT2D eigenvalue weighted by molar-refractivity contribution is -0.114. The molecule has 3 aromatic rings. The summed E-state index contributed by atoms with van der Waals surface area (Å²) in [6.07, 6.45) is 0.681. The zero-order chi connectivity index (χ0) is 25.6. The van der Waals surface area contributed by atoms with Crippen LogP contribution in [0.2, 0.25) is 0 Å². The molecule has 184 valence electrons. The standard InChI is InChI=1S/C26H27FN2O5S/c1-4-18(2)29(26(31)21-8-6-9-22(27)16-21)17-20-7-5-10-24(15-20)34-35(32,33)25-13-11-23(12-14-25)28-19(3)30/h5-16,18H,4,17H2,1-3H3,(H,28,30). The fourth-order valence-electron chi connectivity index (χ4n) is 3.41. The molecule has 2 amide bonds. The van der Waals surface area contributed by atoms with E-state index in [1.807, 2.05) is 13.8 Å². The van der Waals surface area contributed by atoms with Crippen molar-refractivity contribution in [3.63, 3.8) is 0 Å². The van der Waals surface area contributed by atoms with Crippen LogP contribution in [0, 0.1) is 5.82 Å². The third-order valence-electron chi connectivity index (χ3n) is 5.38. The van der Waals surface area contributed by atoms with Crippen molar-refractivity contribution >= 4 is 27.6 Å². The first-order valence-corrected chi connectivity index (χ1v) is 12.5. The summed E-state index contributed by atoms with van der Waals surface area (Å²) in [5.41, 5.74) is 1.36. The van der Waals surface area contributed by atoms with Gasteiger partial charge in [-0.1, -0.05) is 25.1 Å². The van der Waals surface area contributed by atoms with Crippen LogP contribution in [-0.4, -0.2) is 31.2 Å². The first kappa shape index (κ1) is 25.9. The van der Waals surface area contributed by atoms with Gasteiger partial charge in [0.2, 0.25) is 5.91 Å². The average Bonchev–Trinajstić information content (AvgIpc) is 2.81. The molecule has 7 nitrogen and oxygen atoms in total. The van der Waals surface area contributed by atoms with E-state index >= 15 is 0 Å². The molecule has 3 aromatic carbocycles. The number of carbonyl (C=O) groups is 2. The first-order valence-electron chi connectivity index (χ1n) is 11.1. The second-order valence-electron chi connectivity index (χ2n) is 8.09. The van der Waals surface area contributed by atoms with Gasteiger partial charge >= 0.3 is 10.1 Å². The summed E-state index contributed by atoms with van der Waals surface area (Å²) in [7, 11) is -4.12. The fraction of sp³-hybridized carbons (Fsp3) is 0.231. The van der Waals surface area contributed by atoms with Crippen LogP contribution in [0.15, 0.2) is 77.7 Å². The van der Waals surface area contributed by atoms with E-state index in [0.29, 0.717) is 17.7 Å². The van der Waals surface area contributed by atoms with Crippen molar-refractivity contribution in [2.24, 2.45) is 0 Å². The number of hydrogen-bond acceptors (Lipinski definition) is 5. The van der Waals surface area contributed by atoms with Gasteiger partial charge in [0.1, 0.15) is 16.5 Å². The van der Waals surface area contributed by atoms with Gasteiger partial charge in [0.25, 0.3) is 5.91 Å². The highest BCUT2D eigenvalue weighted by atomic mass is 32.2. The second kappa shape index (κ2) is 11.1. The van der Waals surface area contributed by atoms with E-state index in [2.05, 4.69) is 5.32 Å². The number of rotatable bonds is 9. The highest BCUT2D eigenvalue weighted by Crippen LogP contribution is 2.23. The maximum atomic E-state index is 13.7. The molecule has 0 aliphatic carbocycles. The largest absolute Gasteiger partial charge is 0.379 e. The lowest BCUT2D eigenvalue weighted by Gasteiger charge is -2.29. The monoisotopic (exact) mass is 498 g/mol. The number of halogens is 1. The molecule has 0 saturated carbocycles. The molecule has 1 unspecified atom stereocenters. The summed E-state index contributed by atoms with van der Waals surface area (Å²) in [6.45, 7) is 5.38. The number of hydrogen-bond donors (Lipinski definition) is 1. The summed E-state index contributed by atoms with van der Waals surface area (Å²) in [5.74, 6) is -0.991. The van der Waals surface area contributed by atoms with E-state index < -0.39 is 15.9 Å². The summed E-state index contributed by atoms with van der Waals surface area (Å²) in [6, 6.07) is 17.5. The van der Waals surface area contributed by atoms with Gasteiger partial charge in [-0.3, -0.25) is 9.59 Å². The Hall–Kier alpha value is -3.72. The minimum absolute atomic E-state index is 0.0699. The molecule has 0 spiro atoms. The lowest BCUT2D eigenvalue weighted by Crippen LogP contribution is -2.37. The Morgan fingerprint density at radius 1 is 1.03 bits per heavy atom. The lowest BCUT2D eigenvalue weighted by atomic mass is 10.1. The minimum Gasteiger partial charge on any atom is -0.379 e. The number of nitrogens with one attached hydrogen (secondary N) is 1. The van der Waals surface area contributed by atoms with Crippen molar-refractivity contribution in [3.05, 3.63) is 89.7 Å². The summed E-state index contributed by atoms with van der Waals surface area (Å²) in [5, 5.41) is 2.57. The third kappa shape index (κ3) is 6.89. The second-order valence-corrected chi connectivity index (χ2v) is 9.64. The number of anilines is 1. The molecule has 9 heteroatoms. The Morgan fingerprint density at radius 3 is 2.34 bits per heavy atom. The molecule has 0 aliphatic rings. The van der Waals surface area contributed by atoms with E-state index in [-0.39, 0.29) is 40.6 Å². The van der Waals surface area contributed by atoms with Gasteiger partial charge < -0.3 is 14.4 Å². The van der Waals surface area contributed by atoms with Gasteiger partial charge in [-0.05, 0) is 73.5 Å². The van der Waals surface area contributed by atoms with Gasteiger partial charge in [0, 0.05) is 30.8 Å². The molecule has 0 radical (unpaired) electrons. The number of benzene rings is 3. The Balaban J connectivity index is 1.80. The quantitative estimate of drug-likeness (QED) is 0.420. The van der Waals surface area contributed by atoms with Crippen molar-refractivity contribution in [2.75, 3.05) is 5.32 Å². The van der Waals surface area contributed by atoms with Gasteiger partial charge in [0.15, 0.2) is 0 Å². The molecule has 0 bridgehead atoms. The Kier molecular flexibility index (Phi) is 8.24. The predicted octanol–water partition coefficient (Wildman–Crippen LogP) is 4.99. The number of amides is 2. The van der Waals surface area contributed by atoms with Crippen LogP contribution in [0.3, 0.4) is 0 Å². The van der Waals surface area contributed by atoms with Crippen molar-refractivity contribution in [1.29, 1.82) is 0 Å². The molecule has 0 aromatic heterocycles. The Bertz CT molecular complexity index is 1310. The molecular weight excluding hydrogens is 471 g/mol. The van der Waals surface area contributed by atoms with Crippen molar-refractivity contribution in [1.82, 2.24) is 4.90 Å². The van der Waals surface area contributed by atoms with E-state index in [1.54, 1.807) is 29.2 Å². The Labute approximate surface area is 204 Å². The molecule has 0 heterocycles. The molecular formula is C26H27FN2O5S.